The van der Waals surface area contributed by atoms with E-state index in [4.69, 9.17) is 4.42 Å². The molecule has 0 saturated heterocycles. The summed E-state index contributed by atoms with van der Waals surface area (Å²) in [7, 11) is 0. The third kappa shape index (κ3) is 4.14. The van der Waals surface area contributed by atoms with Crippen LogP contribution in [0.1, 0.15) is 36.9 Å². The van der Waals surface area contributed by atoms with Crippen molar-refractivity contribution in [3.05, 3.63) is 53.8 Å². The van der Waals surface area contributed by atoms with Crippen molar-refractivity contribution in [2.24, 2.45) is 5.92 Å². The number of hydrogen-bond donors (Lipinski definition) is 1. The molecule has 28 heavy (non-hydrogen) atoms. The fourth-order valence-corrected chi connectivity index (χ4v) is 4.10. The highest BCUT2D eigenvalue weighted by Gasteiger charge is 2.33. The van der Waals surface area contributed by atoms with Crippen molar-refractivity contribution in [2.45, 2.75) is 44.4 Å². The zero-order chi connectivity index (χ0) is 19.5. The Morgan fingerprint density at radius 2 is 2.07 bits per heavy atom. The van der Waals surface area contributed by atoms with E-state index in [1.807, 2.05) is 23.6 Å². The molecule has 1 saturated carbocycles. The zero-order valence-electron chi connectivity index (χ0n) is 16.1. The number of nitrogens with one attached hydrogen (secondary N) is 1. The van der Waals surface area contributed by atoms with E-state index in [1.165, 1.54) is 35.7 Å². The van der Waals surface area contributed by atoms with Crippen molar-refractivity contribution >= 4 is 17.7 Å². The van der Waals surface area contributed by atoms with Crippen LogP contribution in [0.25, 0.3) is 11.6 Å². The van der Waals surface area contributed by atoms with Gasteiger partial charge < -0.3 is 9.73 Å². The van der Waals surface area contributed by atoms with Gasteiger partial charge >= 0.3 is 0 Å². The lowest BCUT2D eigenvalue weighted by Crippen LogP contribution is -2.31. The highest BCUT2D eigenvalue weighted by Crippen LogP contribution is 2.41. The molecule has 1 fully saturated rings. The molecule has 1 unspecified atom stereocenters. The first-order valence-corrected chi connectivity index (χ1v) is 10.6. The molecule has 3 aromatic rings. The maximum absolute atomic E-state index is 12.6. The second kappa shape index (κ2) is 8.22. The molecule has 146 valence electrons. The largest absolute Gasteiger partial charge is 0.461 e. The molecule has 4 rings (SSSR count). The maximum atomic E-state index is 12.6. The number of aromatic nitrogens is 3. The third-order valence-corrected chi connectivity index (χ3v) is 5.92. The molecule has 6 nitrogen and oxygen atoms in total. The van der Waals surface area contributed by atoms with E-state index in [2.05, 4.69) is 46.7 Å². The Morgan fingerprint density at radius 3 is 2.71 bits per heavy atom. The van der Waals surface area contributed by atoms with Crippen molar-refractivity contribution in [3.8, 4) is 11.6 Å². The van der Waals surface area contributed by atoms with E-state index < -0.39 is 0 Å². The maximum Gasteiger partial charge on any atom is 0.230 e. The molecule has 0 bridgehead atoms. The molecule has 7 heteroatoms. The van der Waals surface area contributed by atoms with Gasteiger partial charge in [-0.25, -0.2) is 0 Å². The molecule has 0 aliphatic heterocycles. The van der Waals surface area contributed by atoms with Crippen LogP contribution in [0.4, 0.5) is 0 Å². The molecule has 1 atom stereocenters. The van der Waals surface area contributed by atoms with Crippen LogP contribution in [0.15, 0.2) is 52.2 Å². The van der Waals surface area contributed by atoms with Gasteiger partial charge in [-0.2, -0.15) is 0 Å². The van der Waals surface area contributed by atoms with Crippen LogP contribution in [0.2, 0.25) is 0 Å². The number of aryl methyl sites for hydroxylation is 1. The first-order valence-electron chi connectivity index (χ1n) is 9.61. The zero-order valence-corrected chi connectivity index (χ0v) is 16.9. The van der Waals surface area contributed by atoms with E-state index in [9.17, 15) is 4.79 Å². The van der Waals surface area contributed by atoms with E-state index in [0.29, 0.717) is 29.8 Å². The van der Waals surface area contributed by atoms with Gasteiger partial charge in [0, 0.05) is 6.54 Å². The summed E-state index contributed by atoms with van der Waals surface area (Å²) < 4.78 is 7.40. The average molecular weight is 397 g/mol. The molecule has 0 spiro atoms. The number of carbonyl (C=O) groups excluding carboxylic acids is 1. The van der Waals surface area contributed by atoms with Gasteiger partial charge in [-0.05, 0) is 50.3 Å². The van der Waals surface area contributed by atoms with Crippen molar-refractivity contribution in [1.29, 1.82) is 0 Å². The van der Waals surface area contributed by atoms with Gasteiger partial charge in [-0.3, -0.25) is 9.36 Å². The molecule has 2 aromatic heterocycles. The molecular formula is C21H24N4O2S. The Bertz CT molecular complexity index is 930. The minimum Gasteiger partial charge on any atom is -0.461 e. The van der Waals surface area contributed by atoms with Crippen LogP contribution in [0, 0.1) is 12.8 Å². The lowest BCUT2D eigenvalue weighted by atomic mass is 10.0. The molecule has 1 aliphatic rings. The smallest absolute Gasteiger partial charge is 0.230 e. The molecule has 1 aromatic carbocycles. The first kappa shape index (κ1) is 18.8. The molecule has 2 heterocycles. The Labute approximate surface area is 168 Å². The fourth-order valence-electron chi connectivity index (χ4n) is 3.29. The van der Waals surface area contributed by atoms with Crippen molar-refractivity contribution in [2.75, 3.05) is 5.75 Å². The van der Waals surface area contributed by atoms with Crippen molar-refractivity contribution in [1.82, 2.24) is 20.1 Å². The van der Waals surface area contributed by atoms with Gasteiger partial charge in [0.15, 0.2) is 16.7 Å². The number of thioether (sulfide) groups is 1. The predicted molar refractivity (Wildman–Crippen MR) is 109 cm³/mol. The fraction of sp³-hybridized carbons (Fsp3) is 0.381. The highest BCUT2D eigenvalue weighted by molar-refractivity contribution is 7.99. The first-order chi connectivity index (χ1) is 13.7. The van der Waals surface area contributed by atoms with Crippen LogP contribution in [0.5, 0.6) is 0 Å². The van der Waals surface area contributed by atoms with Crippen LogP contribution in [-0.4, -0.2) is 26.4 Å². The number of furan rings is 1. The van der Waals surface area contributed by atoms with Crippen LogP contribution in [0.3, 0.4) is 0 Å². The summed E-state index contributed by atoms with van der Waals surface area (Å²) in [6, 6.07) is 12.2. The number of benzene rings is 1. The van der Waals surface area contributed by atoms with Gasteiger partial charge in [0.25, 0.3) is 0 Å². The van der Waals surface area contributed by atoms with Crippen molar-refractivity contribution < 1.29 is 9.21 Å². The summed E-state index contributed by atoms with van der Waals surface area (Å²) in [4.78, 5) is 12.6. The Kier molecular flexibility index (Phi) is 5.52. The van der Waals surface area contributed by atoms with E-state index in [0.717, 1.165) is 5.16 Å². The number of nitrogens with zero attached hydrogens (tertiary/aromatic N) is 3. The average Bonchev–Trinajstić information content (AvgIpc) is 3.23. The monoisotopic (exact) mass is 396 g/mol. The summed E-state index contributed by atoms with van der Waals surface area (Å²) in [6.07, 6.45) is 3.96. The van der Waals surface area contributed by atoms with Gasteiger partial charge in [-0.1, -0.05) is 41.6 Å². The van der Waals surface area contributed by atoms with Crippen molar-refractivity contribution in [3.63, 3.8) is 0 Å². The van der Waals surface area contributed by atoms with Crippen LogP contribution in [-0.2, 0) is 11.3 Å². The summed E-state index contributed by atoms with van der Waals surface area (Å²) in [5.41, 5.74) is 2.41. The Morgan fingerprint density at radius 1 is 1.29 bits per heavy atom. The van der Waals surface area contributed by atoms with E-state index in [1.54, 1.807) is 6.26 Å². The van der Waals surface area contributed by atoms with Gasteiger partial charge in [0.2, 0.25) is 5.91 Å². The van der Waals surface area contributed by atoms with E-state index >= 15 is 0 Å². The predicted octanol–water partition coefficient (Wildman–Crippen LogP) is 4.23. The lowest BCUT2D eigenvalue weighted by Gasteiger charge is -2.19. The molecule has 1 N–H and O–H groups in total. The minimum absolute atomic E-state index is 0.0210. The molecule has 1 aliphatic carbocycles. The van der Waals surface area contributed by atoms with Gasteiger partial charge in [0.05, 0.1) is 18.1 Å². The van der Waals surface area contributed by atoms with Crippen LogP contribution >= 0.6 is 11.8 Å². The standard InChI is InChI=1S/C21H24N4O2S/c1-3-25-20(17-5-4-12-27-17)23-24-21(25)28-13-18(26)22-19(16-10-11-16)15-8-6-14(2)7-9-15/h4-9,12,16,19H,3,10-11,13H2,1-2H3,(H,22,26). The van der Waals surface area contributed by atoms with Crippen LogP contribution < -0.4 is 5.32 Å². The molecule has 0 radical (unpaired) electrons. The van der Waals surface area contributed by atoms with Gasteiger partial charge in [-0.15, -0.1) is 10.2 Å². The number of carbonyl (C=O) groups is 1. The summed E-state index contributed by atoms with van der Waals surface area (Å²) in [5.74, 6) is 2.24. The second-order valence-electron chi connectivity index (χ2n) is 7.11. The second-order valence-corrected chi connectivity index (χ2v) is 8.05. The number of hydrogen-bond acceptors (Lipinski definition) is 5. The molecule has 1 amide bonds. The summed E-state index contributed by atoms with van der Waals surface area (Å²) in [5, 5.41) is 12.4. The molecular weight excluding hydrogens is 372 g/mol. The highest BCUT2D eigenvalue weighted by atomic mass is 32.2. The number of amides is 1. The minimum atomic E-state index is 0.0210. The van der Waals surface area contributed by atoms with E-state index in [-0.39, 0.29) is 11.9 Å². The normalized spacial score (nSPS) is 14.8. The lowest BCUT2D eigenvalue weighted by molar-refractivity contribution is -0.119. The topological polar surface area (TPSA) is 73.0 Å². The third-order valence-electron chi connectivity index (χ3n) is 4.95. The Hall–Kier alpha value is -2.54. The summed E-state index contributed by atoms with van der Waals surface area (Å²) in [6.45, 7) is 4.81. The Balaban J connectivity index is 1.41. The number of rotatable bonds is 8. The SMILES string of the molecule is CCn1c(SCC(=O)NC(c2ccc(C)cc2)C2CC2)nnc1-c1ccco1. The quantitative estimate of drug-likeness (QED) is 0.577. The summed E-state index contributed by atoms with van der Waals surface area (Å²) >= 11 is 1.41. The van der Waals surface area contributed by atoms with Gasteiger partial charge in [0.1, 0.15) is 0 Å².